The molecule has 11 heavy (non-hydrogen) atoms. The number of halogens is 6. The van der Waals surface area contributed by atoms with Crippen LogP contribution in [0.4, 0.5) is 26.3 Å². The molecule has 0 fully saturated rings. The average molecular weight is 179 g/mol. The summed E-state index contributed by atoms with van der Waals surface area (Å²) >= 11 is 0. The van der Waals surface area contributed by atoms with Crippen LogP contribution in [0.15, 0.2) is 0 Å². The lowest BCUT2D eigenvalue weighted by atomic mass is 10.1. The molecular formula is C5H5F6. The molecule has 2 atom stereocenters. The molecule has 0 N–H and O–H groups in total. The first-order valence-electron chi connectivity index (χ1n) is 2.61. The van der Waals surface area contributed by atoms with Crippen molar-refractivity contribution in [3.63, 3.8) is 0 Å². The second-order valence-corrected chi connectivity index (χ2v) is 1.87. The highest BCUT2D eigenvalue weighted by atomic mass is 19.3. The fourth-order valence-corrected chi connectivity index (χ4v) is 0.371. The number of hydrogen-bond donors (Lipinski definition) is 0. The number of hydrogen-bond acceptors (Lipinski definition) is 0. The van der Waals surface area contributed by atoms with Crippen LogP contribution >= 0.6 is 0 Å². The van der Waals surface area contributed by atoms with E-state index in [9.17, 15) is 26.3 Å². The zero-order chi connectivity index (χ0) is 9.07. The van der Waals surface area contributed by atoms with Gasteiger partial charge in [0.05, 0.1) is 0 Å². The summed E-state index contributed by atoms with van der Waals surface area (Å²) in [7, 11) is 0. The number of rotatable bonds is 4. The molecular weight excluding hydrogens is 174 g/mol. The van der Waals surface area contributed by atoms with Crippen LogP contribution in [0.2, 0.25) is 0 Å². The van der Waals surface area contributed by atoms with Crippen molar-refractivity contribution in [3.8, 4) is 0 Å². The van der Waals surface area contributed by atoms with Crippen molar-refractivity contribution in [2.24, 2.45) is 0 Å². The molecule has 0 rings (SSSR count). The Morgan fingerprint density at radius 2 is 1.73 bits per heavy atom. The lowest BCUT2D eigenvalue weighted by molar-refractivity contribution is -0.109. The fourth-order valence-electron chi connectivity index (χ4n) is 0.371. The second-order valence-electron chi connectivity index (χ2n) is 1.87. The maximum Gasteiger partial charge on any atom is 0.309 e. The van der Waals surface area contributed by atoms with Gasteiger partial charge in [-0.05, 0) is 0 Å². The first-order chi connectivity index (χ1) is 4.95. The van der Waals surface area contributed by atoms with E-state index in [1.165, 1.54) is 0 Å². The van der Waals surface area contributed by atoms with Crippen molar-refractivity contribution in [1.82, 2.24) is 0 Å². The van der Waals surface area contributed by atoms with E-state index >= 15 is 0 Å². The van der Waals surface area contributed by atoms with Gasteiger partial charge in [-0.25, -0.2) is 26.3 Å². The van der Waals surface area contributed by atoms with Gasteiger partial charge in [-0.3, -0.25) is 0 Å². The molecule has 67 valence electrons. The Morgan fingerprint density at radius 3 is 2.00 bits per heavy atom. The highest BCUT2D eigenvalue weighted by Gasteiger charge is 2.45. The van der Waals surface area contributed by atoms with Crippen molar-refractivity contribution < 1.29 is 26.3 Å². The van der Waals surface area contributed by atoms with Crippen LogP contribution in [0.1, 0.15) is 0 Å². The van der Waals surface area contributed by atoms with E-state index in [4.69, 9.17) is 0 Å². The molecule has 2 unspecified atom stereocenters. The Bertz CT molecular complexity index is 114. The molecule has 0 aliphatic heterocycles. The van der Waals surface area contributed by atoms with E-state index in [0.717, 1.165) is 0 Å². The molecule has 0 aromatic heterocycles. The summed E-state index contributed by atoms with van der Waals surface area (Å²) in [5.74, 6) is -4.46. The Hall–Kier alpha value is -0.420. The summed E-state index contributed by atoms with van der Waals surface area (Å²) < 4.78 is 69.6. The van der Waals surface area contributed by atoms with Gasteiger partial charge >= 0.3 is 5.92 Å². The zero-order valence-electron chi connectivity index (χ0n) is 5.21. The van der Waals surface area contributed by atoms with Crippen LogP contribution < -0.4 is 0 Å². The third-order valence-electron chi connectivity index (χ3n) is 0.982. The van der Waals surface area contributed by atoms with Crippen LogP contribution in [0.25, 0.3) is 0 Å². The normalized spacial score (nSPS) is 18.0. The van der Waals surface area contributed by atoms with E-state index in [2.05, 4.69) is 0 Å². The van der Waals surface area contributed by atoms with Gasteiger partial charge in [-0.1, -0.05) is 0 Å². The Balaban J connectivity index is 4.10. The second kappa shape index (κ2) is 3.82. The zero-order valence-corrected chi connectivity index (χ0v) is 5.21. The van der Waals surface area contributed by atoms with Crippen LogP contribution in [0, 0.1) is 6.67 Å². The van der Waals surface area contributed by atoms with Gasteiger partial charge in [-0.2, -0.15) is 0 Å². The molecule has 0 saturated carbocycles. The largest absolute Gasteiger partial charge is 0.309 e. The first-order valence-corrected chi connectivity index (χ1v) is 2.61. The molecule has 0 spiro atoms. The molecule has 0 aliphatic rings. The van der Waals surface area contributed by atoms with Crippen molar-refractivity contribution in [2.45, 2.75) is 18.3 Å². The minimum Gasteiger partial charge on any atom is -0.244 e. The van der Waals surface area contributed by atoms with Gasteiger partial charge in [-0.15, -0.1) is 0 Å². The highest BCUT2D eigenvalue weighted by molar-refractivity contribution is 4.86. The fraction of sp³-hybridized carbons (Fsp3) is 0.800. The standard InChI is InChI=1S/C5H5F6/c6-1-3(8)4(9)5(10,11)2-7/h1,3-4H,2H2. The van der Waals surface area contributed by atoms with Gasteiger partial charge in [0.15, 0.2) is 25.7 Å². The Kier molecular flexibility index (Phi) is 3.68. The van der Waals surface area contributed by atoms with Gasteiger partial charge in [0.2, 0.25) is 0 Å². The summed E-state index contributed by atoms with van der Waals surface area (Å²) in [6.45, 7) is -3.23. The molecule has 1 radical (unpaired) electrons. The molecule has 0 amide bonds. The van der Waals surface area contributed by atoms with Crippen LogP contribution in [-0.2, 0) is 0 Å². The molecule has 0 heterocycles. The van der Waals surface area contributed by atoms with E-state index in [-0.39, 0.29) is 0 Å². The third kappa shape index (κ3) is 2.59. The summed E-state index contributed by atoms with van der Waals surface area (Å²) in [4.78, 5) is 0. The third-order valence-corrected chi connectivity index (χ3v) is 0.982. The van der Waals surface area contributed by atoms with E-state index in [0.29, 0.717) is 0 Å². The van der Waals surface area contributed by atoms with Crippen LogP contribution in [-0.4, -0.2) is 24.9 Å². The van der Waals surface area contributed by atoms with Gasteiger partial charge in [0.25, 0.3) is 0 Å². The minimum absolute atomic E-state index is 0.881. The summed E-state index contributed by atoms with van der Waals surface area (Å²) in [5, 5.41) is 0. The monoisotopic (exact) mass is 179 g/mol. The quantitative estimate of drug-likeness (QED) is 0.581. The lowest BCUT2D eigenvalue weighted by Crippen LogP contribution is -2.39. The van der Waals surface area contributed by atoms with Crippen molar-refractivity contribution in [2.75, 3.05) is 6.67 Å². The van der Waals surface area contributed by atoms with Gasteiger partial charge in [0, 0.05) is 0 Å². The maximum absolute atomic E-state index is 11.9. The summed E-state index contributed by atoms with van der Waals surface area (Å²) in [5.41, 5.74) is 0. The van der Waals surface area contributed by atoms with E-state index in [1.807, 2.05) is 0 Å². The van der Waals surface area contributed by atoms with E-state index in [1.54, 1.807) is 0 Å². The SMILES string of the molecule is F[CH]C(F)C(F)C(F)(F)CF. The Labute approximate surface area is 59.2 Å². The summed E-state index contributed by atoms with van der Waals surface area (Å²) in [6, 6.07) is 0. The first kappa shape index (κ1) is 10.6. The molecule has 0 aliphatic carbocycles. The van der Waals surface area contributed by atoms with E-state index < -0.39 is 31.6 Å². The molecule has 0 aromatic carbocycles. The predicted octanol–water partition coefficient (Wildman–Crippen LogP) is 2.40. The molecule has 0 bridgehead atoms. The molecule has 0 aromatic rings. The van der Waals surface area contributed by atoms with Gasteiger partial charge < -0.3 is 0 Å². The molecule has 6 heteroatoms. The van der Waals surface area contributed by atoms with Crippen LogP contribution in [0.3, 0.4) is 0 Å². The van der Waals surface area contributed by atoms with Crippen molar-refractivity contribution in [3.05, 3.63) is 6.67 Å². The average Bonchev–Trinajstić information content (AvgIpc) is 2.01. The highest BCUT2D eigenvalue weighted by Crippen LogP contribution is 2.27. The van der Waals surface area contributed by atoms with Crippen molar-refractivity contribution >= 4 is 0 Å². The maximum atomic E-state index is 11.9. The topological polar surface area (TPSA) is 0 Å². The Morgan fingerprint density at radius 1 is 1.27 bits per heavy atom. The van der Waals surface area contributed by atoms with Crippen LogP contribution in [0.5, 0.6) is 0 Å². The minimum atomic E-state index is -4.46. The summed E-state index contributed by atoms with van der Waals surface area (Å²) in [6.07, 6.45) is -6.54. The van der Waals surface area contributed by atoms with Gasteiger partial charge in [0.1, 0.15) is 0 Å². The lowest BCUT2D eigenvalue weighted by Gasteiger charge is -2.18. The number of alkyl halides is 5. The molecule has 0 nitrogen and oxygen atoms in total. The molecule has 0 saturated heterocycles. The van der Waals surface area contributed by atoms with Crippen molar-refractivity contribution in [1.29, 1.82) is 0 Å². The predicted molar refractivity (Wildman–Crippen MR) is 26.1 cm³/mol. The smallest absolute Gasteiger partial charge is 0.244 e.